The molecule has 1 aliphatic carbocycles. The highest BCUT2D eigenvalue weighted by molar-refractivity contribution is 4.77. The largest absolute Gasteiger partial charge is 0.381 e. The van der Waals surface area contributed by atoms with Crippen LogP contribution >= 0.6 is 0 Å². The maximum absolute atomic E-state index is 5.57. The molecule has 2 rings (SSSR count). The van der Waals surface area contributed by atoms with Crippen molar-refractivity contribution in [2.24, 2.45) is 5.92 Å². The average Bonchev–Trinajstić information content (AvgIpc) is 2.87. The lowest BCUT2D eigenvalue weighted by molar-refractivity contribution is 0.121. The second-order valence-corrected chi connectivity index (χ2v) is 4.52. The van der Waals surface area contributed by atoms with Gasteiger partial charge in [-0.1, -0.05) is 0 Å². The number of hydrogen-bond acceptors (Lipinski definition) is 3. The molecule has 2 aliphatic rings. The van der Waals surface area contributed by atoms with E-state index in [0.29, 0.717) is 6.04 Å². The van der Waals surface area contributed by atoms with Gasteiger partial charge >= 0.3 is 0 Å². The van der Waals surface area contributed by atoms with Crippen molar-refractivity contribution in [3.8, 4) is 0 Å². The predicted molar refractivity (Wildman–Crippen MR) is 57.4 cm³/mol. The van der Waals surface area contributed by atoms with Gasteiger partial charge in [-0.15, -0.1) is 0 Å². The molecule has 0 bridgehead atoms. The summed E-state index contributed by atoms with van der Waals surface area (Å²) in [4.78, 5) is 0. The Bertz CT molecular complexity index is 153. The maximum Gasteiger partial charge on any atom is 0.0494 e. The van der Waals surface area contributed by atoms with Crippen LogP contribution in [-0.4, -0.2) is 38.9 Å². The van der Waals surface area contributed by atoms with E-state index in [9.17, 15) is 0 Å². The molecule has 14 heavy (non-hydrogen) atoms. The van der Waals surface area contributed by atoms with Crippen LogP contribution in [0.15, 0.2) is 0 Å². The highest BCUT2D eigenvalue weighted by Gasteiger charge is 2.20. The Kier molecular flexibility index (Phi) is 4.22. The van der Waals surface area contributed by atoms with E-state index < -0.39 is 0 Å². The van der Waals surface area contributed by atoms with Crippen LogP contribution in [-0.2, 0) is 4.74 Å². The van der Waals surface area contributed by atoms with Gasteiger partial charge < -0.3 is 15.4 Å². The predicted octanol–water partition coefficient (Wildman–Crippen LogP) is 0.755. The van der Waals surface area contributed by atoms with Crippen molar-refractivity contribution < 1.29 is 4.74 Å². The normalized spacial score (nSPS) is 27.0. The summed E-state index contributed by atoms with van der Waals surface area (Å²) in [5, 5.41) is 6.90. The molecule has 0 aromatic rings. The van der Waals surface area contributed by atoms with E-state index in [4.69, 9.17) is 4.74 Å². The molecule has 1 aliphatic heterocycles. The molecule has 82 valence electrons. The summed E-state index contributed by atoms with van der Waals surface area (Å²) in [5.74, 6) is 0.905. The summed E-state index contributed by atoms with van der Waals surface area (Å²) < 4.78 is 5.57. The summed E-state index contributed by atoms with van der Waals surface area (Å²) in [6, 6.07) is 0.707. The molecule has 1 saturated carbocycles. The third-order valence-electron chi connectivity index (χ3n) is 3.01. The molecule has 0 amide bonds. The molecule has 1 saturated heterocycles. The van der Waals surface area contributed by atoms with Gasteiger partial charge in [0.1, 0.15) is 0 Å². The number of ether oxygens (including phenoxy) is 1. The Balaban J connectivity index is 1.35. The minimum atomic E-state index is 0.707. The van der Waals surface area contributed by atoms with E-state index in [0.717, 1.165) is 38.6 Å². The highest BCUT2D eigenvalue weighted by Crippen LogP contribution is 2.28. The van der Waals surface area contributed by atoms with E-state index >= 15 is 0 Å². The summed E-state index contributed by atoms with van der Waals surface area (Å²) >= 11 is 0. The molecule has 1 unspecified atom stereocenters. The lowest BCUT2D eigenvalue weighted by Crippen LogP contribution is -2.32. The Morgan fingerprint density at radius 2 is 2.21 bits per heavy atom. The number of nitrogens with one attached hydrogen (secondary N) is 2. The first-order valence-electron chi connectivity index (χ1n) is 5.97. The zero-order chi connectivity index (χ0) is 9.64. The van der Waals surface area contributed by atoms with E-state index in [-0.39, 0.29) is 0 Å². The molecule has 2 fully saturated rings. The van der Waals surface area contributed by atoms with Gasteiger partial charge in [0.15, 0.2) is 0 Å². The first-order valence-corrected chi connectivity index (χ1v) is 5.97. The van der Waals surface area contributed by atoms with Crippen LogP contribution in [0.5, 0.6) is 0 Å². The van der Waals surface area contributed by atoms with E-state index in [1.165, 1.54) is 25.8 Å². The van der Waals surface area contributed by atoms with Crippen LogP contribution in [0.1, 0.15) is 25.7 Å². The van der Waals surface area contributed by atoms with E-state index in [2.05, 4.69) is 10.6 Å². The van der Waals surface area contributed by atoms with Crippen LogP contribution in [0.2, 0.25) is 0 Å². The fourth-order valence-electron chi connectivity index (χ4n) is 1.84. The smallest absolute Gasteiger partial charge is 0.0494 e. The van der Waals surface area contributed by atoms with Gasteiger partial charge in [0.05, 0.1) is 0 Å². The molecule has 2 N–H and O–H groups in total. The highest BCUT2D eigenvalue weighted by atomic mass is 16.5. The Labute approximate surface area is 86.6 Å². The van der Waals surface area contributed by atoms with Crippen molar-refractivity contribution in [2.75, 3.05) is 32.8 Å². The molecule has 0 aromatic heterocycles. The molecule has 1 atom stereocenters. The van der Waals surface area contributed by atoms with Gasteiger partial charge in [-0.2, -0.15) is 0 Å². The molecule has 3 heteroatoms. The zero-order valence-corrected chi connectivity index (χ0v) is 8.93. The van der Waals surface area contributed by atoms with Gasteiger partial charge in [-0.05, 0) is 44.7 Å². The van der Waals surface area contributed by atoms with Crippen LogP contribution < -0.4 is 10.6 Å². The second-order valence-electron chi connectivity index (χ2n) is 4.52. The summed E-state index contributed by atoms with van der Waals surface area (Å²) in [5.41, 5.74) is 0. The molecule has 0 aromatic carbocycles. The minimum absolute atomic E-state index is 0.707. The van der Waals surface area contributed by atoms with Gasteiger partial charge in [-0.25, -0.2) is 0 Å². The maximum atomic E-state index is 5.57. The van der Waals surface area contributed by atoms with Gasteiger partial charge in [-0.3, -0.25) is 0 Å². The van der Waals surface area contributed by atoms with Crippen molar-refractivity contribution >= 4 is 0 Å². The lowest BCUT2D eigenvalue weighted by Gasteiger charge is -2.10. The fraction of sp³-hybridized carbons (Fsp3) is 1.00. The van der Waals surface area contributed by atoms with Gasteiger partial charge in [0.25, 0.3) is 0 Å². The quantitative estimate of drug-likeness (QED) is 0.592. The Morgan fingerprint density at radius 3 is 2.93 bits per heavy atom. The van der Waals surface area contributed by atoms with Crippen molar-refractivity contribution in [3.63, 3.8) is 0 Å². The van der Waals surface area contributed by atoms with Crippen molar-refractivity contribution in [3.05, 3.63) is 0 Å². The first-order chi connectivity index (χ1) is 6.95. The second kappa shape index (κ2) is 5.69. The summed E-state index contributed by atoms with van der Waals surface area (Å²) in [6.45, 7) is 5.37. The van der Waals surface area contributed by atoms with Crippen molar-refractivity contribution in [2.45, 2.75) is 31.7 Å². The monoisotopic (exact) mass is 198 g/mol. The standard InChI is InChI=1S/C11H22N2O/c1(7-14-9-10-2-3-10)5-13-11-4-6-12-8-11/h10-13H,1-9H2. The first kappa shape index (κ1) is 10.4. The molecule has 0 spiro atoms. The lowest BCUT2D eigenvalue weighted by atomic mass is 10.2. The van der Waals surface area contributed by atoms with E-state index in [1.807, 2.05) is 0 Å². The third-order valence-corrected chi connectivity index (χ3v) is 3.01. The number of hydrogen-bond donors (Lipinski definition) is 2. The minimum Gasteiger partial charge on any atom is -0.381 e. The zero-order valence-electron chi connectivity index (χ0n) is 8.93. The van der Waals surface area contributed by atoms with Crippen molar-refractivity contribution in [1.82, 2.24) is 10.6 Å². The van der Waals surface area contributed by atoms with Crippen molar-refractivity contribution in [1.29, 1.82) is 0 Å². The summed E-state index contributed by atoms with van der Waals surface area (Å²) in [6.07, 6.45) is 5.23. The molecule has 1 heterocycles. The fourth-order valence-corrected chi connectivity index (χ4v) is 1.84. The third kappa shape index (κ3) is 3.95. The van der Waals surface area contributed by atoms with Gasteiger partial charge in [0, 0.05) is 25.8 Å². The van der Waals surface area contributed by atoms with Crippen LogP contribution in [0.4, 0.5) is 0 Å². The summed E-state index contributed by atoms with van der Waals surface area (Å²) in [7, 11) is 0. The molecular weight excluding hydrogens is 176 g/mol. The van der Waals surface area contributed by atoms with Crippen LogP contribution in [0.25, 0.3) is 0 Å². The van der Waals surface area contributed by atoms with Crippen LogP contribution in [0, 0.1) is 5.92 Å². The average molecular weight is 198 g/mol. The molecular formula is C11H22N2O. The molecule has 3 nitrogen and oxygen atoms in total. The van der Waals surface area contributed by atoms with Gasteiger partial charge in [0.2, 0.25) is 0 Å². The Hall–Kier alpha value is -0.120. The van der Waals surface area contributed by atoms with Crippen LogP contribution in [0.3, 0.4) is 0 Å². The molecule has 0 radical (unpaired) electrons. The SMILES string of the molecule is C(CNC1CCNC1)COCC1CC1. The van der Waals surface area contributed by atoms with E-state index in [1.54, 1.807) is 0 Å². The Morgan fingerprint density at radius 1 is 1.29 bits per heavy atom. The topological polar surface area (TPSA) is 33.3 Å². The number of rotatable bonds is 7.